The number of carbonyl (C=O) groups excluding carboxylic acids is 2. The molecule has 0 bridgehead atoms. The highest BCUT2D eigenvalue weighted by Crippen LogP contribution is 2.32. The van der Waals surface area contributed by atoms with Crippen LogP contribution in [0.4, 0.5) is 5.69 Å². The van der Waals surface area contributed by atoms with Crippen LogP contribution in [-0.2, 0) is 12.8 Å². The van der Waals surface area contributed by atoms with E-state index < -0.39 is 5.91 Å². The standard InChI is InChI=1S/C21H21N3O2/c1-12-2-8-18-16(10-12)17-11-14(5-9-19(17)24-18)21(26)23-15-6-3-13(4-7-15)20(22)25/h3-7,9,11-12,24H,2,8,10H2,1H3,(H2,22,25)(H,23,26). The monoisotopic (exact) mass is 347 g/mol. The van der Waals surface area contributed by atoms with Crippen molar-refractivity contribution in [2.45, 2.75) is 26.2 Å². The molecule has 132 valence electrons. The third-order valence-corrected chi connectivity index (χ3v) is 5.12. The third kappa shape index (κ3) is 2.96. The van der Waals surface area contributed by atoms with E-state index in [0.29, 0.717) is 22.7 Å². The Hall–Kier alpha value is -3.08. The molecule has 4 N–H and O–H groups in total. The summed E-state index contributed by atoms with van der Waals surface area (Å²) in [7, 11) is 0. The van der Waals surface area contributed by atoms with E-state index in [1.54, 1.807) is 24.3 Å². The number of nitrogens with two attached hydrogens (primary N) is 1. The highest BCUT2D eigenvalue weighted by atomic mass is 16.2. The van der Waals surface area contributed by atoms with Crippen LogP contribution >= 0.6 is 0 Å². The Bertz CT molecular complexity index is 1000. The summed E-state index contributed by atoms with van der Waals surface area (Å²) in [5.41, 5.74) is 10.6. The fourth-order valence-electron chi connectivity index (χ4n) is 3.65. The Morgan fingerprint density at radius 3 is 2.58 bits per heavy atom. The van der Waals surface area contributed by atoms with Gasteiger partial charge in [-0.05, 0) is 73.2 Å². The zero-order valence-electron chi connectivity index (χ0n) is 14.6. The second-order valence-corrected chi connectivity index (χ2v) is 7.09. The van der Waals surface area contributed by atoms with Crippen molar-refractivity contribution in [1.82, 2.24) is 4.98 Å². The lowest BCUT2D eigenvalue weighted by molar-refractivity contribution is 0.0998. The summed E-state index contributed by atoms with van der Waals surface area (Å²) in [6, 6.07) is 12.3. The van der Waals surface area contributed by atoms with Crippen LogP contribution in [0.25, 0.3) is 10.9 Å². The second kappa shape index (κ2) is 6.33. The van der Waals surface area contributed by atoms with Gasteiger partial charge in [0.25, 0.3) is 5.91 Å². The number of hydrogen-bond donors (Lipinski definition) is 3. The number of hydrogen-bond acceptors (Lipinski definition) is 2. The smallest absolute Gasteiger partial charge is 0.255 e. The first-order chi connectivity index (χ1) is 12.5. The zero-order chi connectivity index (χ0) is 18.3. The molecular weight excluding hydrogens is 326 g/mol. The lowest BCUT2D eigenvalue weighted by Crippen LogP contribution is -2.13. The lowest BCUT2D eigenvalue weighted by Gasteiger charge is -2.18. The van der Waals surface area contributed by atoms with Crippen LogP contribution in [0.15, 0.2) is 42.5 Å². The molecule has 2 aromatic carbocycles. The topological polar surface area (TPSA) is 88.0 Å². The molecule has 3 aromatic rings. The van der Waals surface area contributed by atoms with Gasteiger partial charge < -0.3 is 16.0 Å². The summed E-state index contributed by atoms with van der Waals surface area (Å²) < 4.78 is 0. The number of benzene rings is 2. The molecule has 0 saturated carbocycles. The number of rotatable bonds is 3. The number of H-pyrrole nitrogens is 1. The molecule has 0 radical (unpaired) electrons. The summed E-state index contributed by atoms with van der Waals surface area (Å²) in [5.74, 6) is 0.0140. The van der Waals surface area contributed by atoms with Crippen molar-refractivity contribution in [3.8, 4) is 0 Å². The summed E-state index contributed by atoms with van der Waals surface area (Å²) in [6.07, 6.45) is 3.32. The highest BCUT2D eigenvalue weighted by molar-refractivity contribution is 6.07. The Morgan fingerprint density at radius 1 is 1.12 bits per heavy atom. The van der Waals surface area contributed by atoms with Crippen LogP contribution < -0.4 is 11.1 Å². The largest absolute Gasteiger partial charge is 0.366 e. The molecule has 5 nitrogen and oxygen atoms in total. The van der Waals surface area contributed by atoms with Crippen molar-refractivity contribution < 1.29 is 9.59 Å². The molecule has 1 atom stereocenters. The first-order valence-electron chi connectivity index (χ1n) is 8.86. The second-order valence-electron chi connectivity index (χ2n) is 7.09. The van der Waals surface area contributed by atoms with Gasteiger partial charge in [-0.15, -0.1) is 0 Å². The van der Waals surface area contributed by atoms with E-state index in [4.69, 9.17) is 5.73 Å². The van der Waals surface area contributed by atoms with Crippen LogP contribution in [0.2, 0.25) is 0 Å². The number of aromatic amines is 1. The number of aromatic nitrogens is 1. The van der Waals surface area contributed by atoms with Gasteiger partial charge >= 0.3 is 0 Å². The molecule has 0 spiro atoms. The van der Waals surface area contributed by atoms with Crippen LogP contribution in [0.5, 0.6) is 0 Å². The van der Waals surface area contributed by atoms with Gasteiger partial charge in [-0.25, -0.2) is 0 Å². The fraction of sp³-hybridized carbons (Fsp3) is 0.238. The van der Waals surface area contributed by atoms with Gasteiger partial charge in [0.15, 0.2) is 0 Å². The van der Waals surface area contributed by atoms with Crippen molar-refractivity contribution in [1.29, 1.82) is 0 Å². The molecule has 5 heteroatoms. The summed E-state index contributed by atoms with van der Waals surface area (Å²) in [6.45, 7) is 2.27. The highest BCUT2D eigenvalue weighted by Gasteiger charge is 2.20. The fourth-order valence-corrected chi connectivity index (χ4v) is 3.65. The van der Waals surface area contributed by atoms with Gasteiger partial charge in [-0.2, -0.15) is 0 Å². The van der Waals surface area contributed by atoms with Gasteiger partial charge in [-0.3, -0.25) is 9.59 Å². The summed E-state index contributed by atoms with van der Waals surface area (Å²) in [5, 5.41) is 4.01. The maximum absolute atomic E-state index is 12.6. The third-order valence-electron chi connectivity index (χ3n) is 5.12. The van der Waals surface area contributed by atoms with E-state index in [1.807, 2.05) is 18.2 Å². The lowest BCUT2D eigenvalue weighted by atomic mass is 9.87. The normalized spacial score (nSPS) is 16.3. The molecule has 4 rings (SSSR count). The van der Waals surface area contributed by atoms with Crippen LogP contribution in [-0.4, -0.2) is 16.8 Å². The predicted molar refractivity (Wildman–Crippen MR) is 102 cm³/mol. The molecule has 2 amide bonds. The maximum Gasteiger partial charge on any atom is 0.255 e. The minimum atomic E-state index is -0.486. The number of nitrogens with one attached hydrogen (secondary N) is 2. The van der Waals surface area contributed by atoms with E-state index in [2.05, 4.69) is 17.2 Å². The number of fused-ring (bicyclic) bond motifs is 3. The number of amides is 2. The molecule has 0 aliphatic heterocycles. The Kier molecular flexibility index (Phi) is 3.99. The van der Waals surface area contributed by atoms with E-state index in [-0.39, 0.29) is 5.91 Å². The van der Waals surface area contributed by atoms with E-state index in [9.17, 15) is 9.59 Å². The minimum absolute atomic E-state index is 0.169. The number of aryl methyl sites for hydroxylation is 1. The number of primary amides is 1. The van der Waals surface area contributed by atoms with Gasteiger partial charge in [0.05, 0.1) is 0 Å². The molecule has 0 saturated heterocycles. The Morgan fingerprint density at radius 2 is 1.85 bits per heavy atom. The zero-order valence-corrected chi connectivity index (χ0v) is 14.6. The average Bonchev–Trinajstić information content (AvgIpc) is 2.99. The van der Waals surface area contributed by atoms with Crippen LogP contribution in [0, 0.1) is 5.92 Å². The first-order valence-corrected chi connectivity index (χ1v) is 8.86. The van der Waals surface area contributed by atoms with Gasteiger partial charge in [0.2, 0.25) is 5.91 Å². The summed E-state index contributed by atoms with van der Waals surface area (Å²) in [4.78, 5) is 27.2. The van der Waals surface area contributed by atoms with E-state index >= 15 is 0 Å². The quantitative estimate of drug-likeness (QED) is 0.675. The SMILES string of the molecule is CC1CCc2[nH]c3ccc(C(=O)Nc4ccc(C(N)=O)cc4)cc3c2C1. The van der Waals surface area contributed by atoms with Gasteiger partial charge in [0.1, 0.15) is 0 Å². The summed E-state index contributed by atoms with van der Waals surface area (Å²) >= 11 is 0. The first kappa shape index (κ1) is 16.4. The maximum atomic E-state index is 12.6. The van der Waals surface area contributed by atoms with Crippen molar-refractivity contribution >= 4 is 28.4 Å². The van der Waals surface area contributed by atoms with Crippen molar-refractivity contribution in [3.05, 3.63) is 64.8 Å². The molecule has 26 heavy (non-hydrogen) atoms. The number of carbonyl (C=O) groups is 2. The molecule has 1 unspecified atom stereocenters. The Balaban J connectivity index is 1.60. The van der Waals surface area contributed by atoms with Crippen molar-refractivity contribution in [2.24, 2.45) is 11.7 Å². The molecule has 1 heterocycles. The van der Waals surface area contributed by atoms with Crippen molar-refractivity contribution in [2.75, 3.05) is 5.32 Å². The minimum Gasteiger partial charge on any atom is -0.366 e. The van der Waals surface area contributed by atoms with Gasteiger partial charge in [0, 0.05) is 33.4 Å². The number of anilines is 1. The van der Waals surface area contributed by atoms with Crippen molar-refractivity contribution in [3.63, 3.8) is 0 Å². The van der Waals surface area contributed by atoms with Gasteiger partial charge in [-0.1, -0.05) is 6.92 Å². The molecule has 1 aromatic heterocycles. The van der Waals surface area contributed by atoms with E-state index in [0.717, 1.165) is 23.7 Å². The molecule has 1 aliphatic rings. The Labute approximate surface area is 151 Å². The van der Waals surface area contributed by atoms with E-state index in [1.165, 1.54) is 17.7 Å². The predicted octanol–water partition coefficient (Wildman–Crippen LogP) is 3.64. The molecule has 1 aliphatic carbocycles. The molecule has 0 fully saturated rings. The average molecular weight is 347 g/mol. The van der Waals surface area contributed by atoms with Crippen LogP contribution in [0.3, 0.4) is 0 Å². The molecular formula is C21H21N3O2. The van der Waals surface area contributed by atoms with Crippen LogP contribution in [0.1, 0.15) is 45.3 Å².